The van der Waals surface area contributed by atoms with Gasteiger partial charge in [0.15, 0.2) is 0 Å². The van der Waals surface area contributed by atoms with Crippen molar-refractivity contribution >= 4 is 11.6 Å². The zero-order chi connectivity index (χ0) is 20.6. The molecule has 2 atom stereocenters. The Morgan fingerprint density at radius 2 is 1.90 bits per heavy atom. The molecule has 2 unspecified atom stereocenters. The van der Waals surface area contributed by atoms with Gasteiger partial charge >= 0.3 is 0 Å². The number of ether oxygens (including phenoxy) is 1. The lowest BCUT2D eigenvalue weighted by molar-refractivity contribution is -0.117. The van der Waals surface area contributed by atoms with E-state index in [4.69, 9.17) is 4.74 Å². The summed E-state index contributed by atoms with van der Waals surface area (Å²) in [4.78, 5) is 17.5. The molecule has 1 N–H and O–H groups in total. The molecule has 29 heavy (non-hydrogen) atoms. The van der Waals surface area contributed by atoms with Crippen molar-refractivity contribution in [3.63, 3.8) is 0 Å². The van der Waals surface area contributed by atoms with Gasteiger partial charge in [-0.05, 0) is 44.5 Å². The van der Waals surface area contributed by atoms with Gasteiger partial charge in [0.05, 0.1) is 18.8 Å². The number of nitrogens with zero attached hydrogens (tertiary/aromatic N) is 2. The molecule has 156 valence electrons. The lowest BCUT2D eigenvalue weighted by atomic mass is 10.1. The molecule has 1 fully saturated rings. The minimum atomic E-state index is 0.00793. The summed E-state index contributed by atoms with van der Waals surface area (Å²) in [5.74, 6) is 0.726. The smallest absolute Gasteiger partial charge is 0.238 e. The number of para-hydroxylation sites is 2. The third-order valence-electron chi connectivity index (χ3n) is 5.75. The number of rotatable bonds is 9. The molecule has 0 spiro atoms. The van der Waals surface area contributed by atoms with Crippen molar-refractivity contribution in [2.45, 2.75) is 39.3 Å². The number of hydrogen-bond donors (Lipinski definition) is 1. The molecule has 1 aliphatic heterocycles. The number of likely N-dealkylation sites (tertiary alicyclic amines) is 1. The van der Waals surface area contributed by atoms with Gasteiger partial charge in [-0.3, -0.25) is 14.6 Å². The van der Waals surface area contributed by atoms with Crippen molar-refractivity contribution in [2.75, 3.05) is 38.1 Å². The SMILES string of the molecule is CCOc1ccccc1NC(=O)CN(CC)C1CCN(C(C)c2ccccc2)C1. The summed E-state index contributed by atoms with van der Waals surface area (Å²) in [6.45, 7) is 10.2. The van der Waals surface area contributed by atoms with Crippen LogP contribution in [0.25, 0.3) is 0 Å². The molecule has 1 aliphatic rings. The highest BCUT2D eigenvalue weighted by Crippen LogP contribution is 2.27. The Kier molecular flexibility index (Phi) is 7.67. The molecular weight excluding hydrogens is 362 g/mol. The van der Waals surface area contributed by atoms with Crippen molar-refractivity contribution in [2.24, 2.45) is 0 Å². The van der Waals surface area contributed by atoms with Gasteiger partial charge in [-0.15, -0.1) is 0 Å². The van der Waals surface area contributed by atoms with E-state index in [1.54, 1.807) is 0 Å². The summed E-state index contributed by atoms with van der Waals surface area (Å²) in [6.07, 6.45) is 1.09. The van der Waals surface area contributed by atoms with E-state index in [1.807, 2.05) is 31.2 Å². The quantitative estimate of drug-likeness (QED) is 0.692. The van der Waals surface area contributed by atoms with Crippen LogP contribution in [0.5, 0.6) is 5.75 Å². The third-order valence-corrected chi connectivity index (χ3v) is 5.75. The number of hydrogen-bond acceptors (Lipinski definition) is 4. The normalized spacial score (nSPS) is 18.0. The third kappa shape index (κ3) is 5.58. The van der Waals surface area contributed by atoms with Crippen molar-refractivity contribution in [3.8, 4) is 5.75 Å². The number of nitrogens with one attached hydrogen (secondary N) is 1. The van der Waals surface area contributed by atoms with E-state index in [9.17, 15) is 4.79 Å². The number of carbonyl (C=O) groups is 1. The van der Waals surface area contributed by atoms with Gasteiger partial charge in [-0.2, -0.15) is 0 Å². The summed E-state index contributed by atoms with van der Waals surface area (Å²) in [5.41, 5.74) is 2.09. The average Bonchev–Trinajstić information content (AvgIpc) is 3.24. The number of anilines is 1. The van der Waals surface area contributed by atoms with Crippen LogP contribution in [-0.4, -0.2) is 54.5 Å². The molecule has 0 saturated carbocycles. The second-order valence-corrected chi connectivity index (χ2v) is 7.56. The standard InChI is InChI=1S/C24H33N3O2/c1-4-26(18-24(28)25-22-13-9-10-14-23(22)29-5-2)21-15-16-27(17-21)19(3)20-11-7-6-8-12-20/h6-14,19,21H,4-5,15-18H2,1-3H3,(H,25,28). The molecule has 3 rings (SSSR count). The molecule has 5 nitrogen and oxygen atoms in total. The van der Waals surface area contributed by atoms with Crippen molar-refractivity contribution in [3.05, 3.63) is 60.2 Å². The molecule has 2 aromatic carbocycles. The maximum absolute atomic E-state index is 12.7. The van der Waals surface area contributed by atoms with Crippen LogP contribution in [0, 0.1) is 0 Å². The molecule has 0 radical (unpaired) electrons. The molecular formula is C24H33N3O2. The molecule has 0 aliphatic carbocycles. The number of carbonyl (C=O) groups excluding carboxylic acids is 1. The highest BCUT2D eigenvalue weighted by atomic mass is 16.5. The van der Waals surface area contributed by atoms with Gasteiger partial charge in [0.1, 0.15) is 5.75 Å². The van der Waals surface area contributed by atoms with Crippen molar-refractivity contribution in [1.82, 2.24) is 9.80 Å². The first-order valence-electron chi connectivity index (χ1n) is 10.7. The van der Waals surface area contributed by atoms with Crippen LogP contribution >= 0.6 is 0 Å². The monoisotopic (exact) mass is 395 g/mol. The zero-order valence-electron chi connectivity index (χ0n) is 17.8. The number of benzene rings is 2. The minimum Gasteiger partial charge on any atom is -0.492 e. The fourth-order valence-corrected chi connectivity index (χ4v) is 4.08. The Morgan fingerprint density at radius 3 is 2.62 bits per heavy atom. The van der Waals surface area contributed by atoms with Gasteiger partial charge < -0.3 is 10.1 Å². The fraction of sp³-hybridized carbons (Fsp3) is 0.458. The zero-order valence-corrected chi connectivity index (χ0v) is 17.8. The van der Waals surface area contributed by atoms with E-state index in [1.165, 1.54) is 5.56 Å². The van der Waals surface area contributed by atoms with E-state index < -0.39 is 0 Å². The Balaban J connectivity index is 1.57. The van der Waals surface area contributed by atoms with Gasteiger partial charge in [0.25, 0.3) is 0 Å². The largest absolute Gasteiger partial charge is 0.492 e. The summed E-state index contributed by atoms with van der Waals surface area (Å²) in [7, 11) is 0. The maximum Gasteiger partial charge on any atom is 0.238 e. The summed E-state index contributed by atoms with van der Waals surface area (Å²) in [6, 6.07) is 19.0. The average molecular weight is 396 g/mol. The Hall–Kier alpha value is -2.37. The molecule has 2 aromatic rings. The van der Waals surface area contributed by atoms with Crippen LogP contribution in [0.1, 0.15) is 38.8 Å². The van der Waals surface area contributed by atoms with Gasteiger partial charge in [-0.25, -0.2) is 0 Å². The second kappa shape index (κ2) is 10.4. The molecule has 0 bridgehead atoms. The first-order valence-corrected chi connectivity index (χ1v) is 10.7. The van der Waals surface area contributed by atoms with E-state index in [0.717, 1.165) is 37.5 Å². The molecule has 1 amide bonds. The first kappa shape index (κ1) is 21.3. The lowest BCUT2D eigenvalue weighted by Crippen LogP contribution is -2.42. The number of amides is 1. The molecule has 1 saturated heterocycles. The van der Waals surface area contributed by atoms with Gasteiger partial charge in [0, 0.05) is 25.2 Å². The minimum absolute atomic E-state index is 0.00793. The van der Waals surface area contributed by atoms with Crippen LogP contribution in [0.4, 0.5) is 5.69 Å². The molecule has 1 heterocycles. The highest BCUT2D eigenvalue weighted by molar-refractivity contribution is 5.93. The van der Waals surface area contributed by atoms with Gasteiger partial charge in [-0.1, -0.05) is 49.4 Å². The van der Waals surface area contributed by atoms with Gasteiger partial charge in [0.2, 0.25) is 5.91 Å². The van der Waals surface area contributed by atoms with Crippen molar-refractivity contribution in [1.29, 1.82) is 0 Å². The van der Waals surface area contributed by atoms with E-state index in [-0.39, 0.29) is 5.91 Å². The maximum atomic E-state index is 12.7. The van der Waals surface area contributed by atoms with E-state index in [0.29, 0.717) is 25.2 Å². The molecule has 0 aromatic heterocycles. The Bertz CT molecular complexity index is 781. The Morgan fingerprint density at radius 1 is 1.17 bits per heavy atom. The second-order valence-electron chi connectivity index (χ2n) is 7.56. The summed E-state index contributed by atoms with van der Waals surface area (Å²) >= 11 is 0. The van der Waals surface area contributed by atoms with Crippen molar-refractivity contribution < 1.29 is 9.53 Å². The van der Waals surface area contributed by atoms with Crippen LogP contribution in [0.3, 0.4) is 0 Å². The lowest BCUT2D eigenvalue weighted by Gasteiger charge is -2.29. The van der Waals surface area contributed by atoms with Crippen LogP contribution < -0.4 is 10.1 Å². The predicted molar refractivity (Wildman–Crippen MR) is 118 cm³/mol. The van der Waals surface area contributed by atoms with Crippen LogP contribution in [-0.2, 0) is 4.79 Å². The fourth-order valence-electron chi connectivity index (χ4n) is 4.08. The summed E-state index contributed by atoms with van der Waals surface area (Å²) in [5, 5.41) is 3.02. The topological polar surface area (TPSA) is 44.8 Å². The molecule has 5 heteroatoms. The van der Waals surface area contributed by atoms with E-state index in [2.05, 4.69) is 59.3 Å². The predicted octanol–water partition coefficient (Wildman–Crippen LogP) is 4.18. The summed E-state index contributed by atoms with van der Waals surface area (Å²) < 4.78 is 5.62. The van der Waals surface area contributed by atoms with Crippen LogP contribution in [0.15, 0.2) is 54.6 Å². The van der Waals surface area contributed by atoms with E-state index >= 15 is 0 Å². The Labute approximate surface area is 174 Å². The number of likely N-dealkylation sites (N-methyl/N-ethyl adjacent to an activating group) is 1. The first-order chi connectivity index (χ1) is 14.1. The highest BCUT2D eigenvalue weighted by Gasteiger charge is 2.30. The van der Waals surface area contributed by atoms with Crippen LogP contribution in [0.2, 0.25) is 0 Å².